The van der Waals surface area contributed by atoms with Crippen LogP contribution in [-0.4, -0.2) is 57.5 Å². The van der Waals surface area contributed by atoms with E-state index >= 15 is 0 Å². The van der Waals surface area contributed by atoms with Gasteiger partial charge in [-0.15, -0.1) is 0 Å². The number of rotatable bonds is 9. The molecule has 0 heterocycles. The summed E-state index contributed by atoms with van der Waals surface area (Å²) in [7, 11) is -7.93. The molecule has 190 valence electrons. The minimum atomic E-state index is -4.36. The second kappa shape index (κ2) is 12.1. The van der Waals surface area contributed by atoms with Gasteiger partial charge >= 0.3 is 29.6 Å². The van der Waals surface area contributed by atoms with Crippen LogP contribution in [0.25, 0.3) is 11.1 Å². The molecule has 0 unspecified atom stereocenters. The van der Waals surface area contributed by atoms with Gasteiger partial charge in [0.1, 0.15) is 4.90 Å². The first kappa shape index (κ1) is 29.3. The van der Waals surface area contributed by atoms with Crippen molar-refractivity contribution in [3.8, 4) is 11.1 Å². The van der Waals surface area contributed by atoms with Crippen molar-refractivity contribution < 1.29 is 21.4 Å². The van der Waals surface area contributed by atoms with E-state index in [9.17, 15) is 21.4 Å². The van der Waals surface area contributed by atoms with Crippen LogP contribution in [0.1, 0.15) is 67.7 Å². The van der Waals surface area contributed by atoms with Crippen molar-refractivity contribution in [2.24, 2.45) is 0 Å². The average molecular weight is 540 g/mol. The molecule has 0 spiro atoms. The number of hydrogen-bond donors (Lipinski definition) is 2. The van der Waals surface area contributed by atoms with E-state index in [1.165, 1.54) is 11.6 Å². The SMILES string of the molecule is CC(C)c1ccc2c(CCCCNS(=O)(=O)c3ccc4c(c3)CCCC4)cc(S(=O)(=O)O)c-2cc1.[NaH]. The molecule has 0 saturated carbocycles. The molecule has 4 rings (SSSR count). The zero-order valence-corrected chi connectivity index (χ0v) is 21.9. The van der Waals surface area contributed by atoms with Crippen molar-refractivity contribution in [2.45, 2.75) is 74.5 Å². The van der Waals surface area contributed by atoms with Gasteiger partial charge < -0.3 is 0 Å². The number of nitrogens with one attached hydrogen (secondary N) is 1. The molecule has 1 aromatic carbocycles. The molecule has 3 aliphatic rings. The van der Waals surface area contributed by atoms with Crippen molar-refractivity contribution in [1.29, 1.82) is 0 Å². The summed E-state index contributed by atoms with van der Waals surface area (Å²) >= 11 is 0. The number of unbranched alkanes of at least 4 members (excludes halogenated alkanes) is 1. The van der Waals surface area contributed by atoms with Crippen LogP contribution >= 0.6 is 0 Å². The molecule has 0 aromatic heterocycles. The molecule has 36 heavy (non-hydrogen) atoms. The van der Waals surface area contributed by atoms with Crippen LogP contribution < -0.4 is 4.72 Å². The number of sulfonamides is 1. The summed E-state index contributed by atoms with van der Waals surface area (Å²) < 4.78 is 61.9. The van der Waals surface area contributed by atoms with E-state index in [-0.39, 0.29) is 40.4 Å². The van der Waals surface area contributed by atoms with E-state index in [0.717, 1.165) is 47.9 Å². The number of hydrogen-bond acceptors (Lipinski definition) is 4. The summed E-state index contributed by atoms with van der Waals surface area (Å²) in [5.41, 5.74) is 5.57. The van der Waals surface area contributed by atoms with Crippen LogP contribution in [0, 0.1) is 0 Å². The van der Waals surface area contributed by atoms with Crippen LogP contribution in [0.15, 0.2) is 58.3 Å². The van der Waals surface area contributed by atoms with E-state index < -0.39 is 20.1 Å². The van der Waals surface area contributed by atoms with Gasteiger partial charge in [0.15, 0.2) is 0 Å². The predicted molar refractivity (Wildman–Crippen MR) is 145 cm³/mol. The van der Waals surface area contributed by atoms with Crippen molar-refractivity contribution >= 4 is 49.7 Å². The van der Waals surface area contributed by atoms with E-state index in [1.807, 2.05) is 24.3 Å². The van der Waals surface area contributed by atoms with E-state index in [0.29, 0.717) is 36.3 Å². The summed E-state index contributed by atoms with van der Waals surface area (Å²) in [6.45, 7) is 4.43. The van der Waals surface area contributed by atoms with Crippen LogP contribution in [0.4, 0.5) is 0 Å². The number of fused-ring (bicyclic) bond motifs is 2. The van der Waals surface area contributed by atoms with E-state index in [4.69, 9.17) is 0 Å². The zero-order valence-electron chi connectivity index (χ0n) is 20.2. The van der Waals surface area contributed by atoms with Gasteiger partial charge in [-0.25, -0.2) is 13.1 Å². The van der Waals surface area contributed by atoms with Gasteiger partial charge in [0.05, 0.1) is 4.90 Å². The maximum atomic E-state index is 12.8. The van der Waals surface area contributed by atoms with Gasteiger partial charge in [-0.05, 0) is 96.9 Å². The van der Waals surface area contributed by atoms with Crippen LogP contribution in [0.3, 0.4) is 0 Å². The fourth-order valence-corrected chi connectivity index (χ4v) is 6.69. The molecule has 0 radical (unpaired) electrons. The molecule has 0 amide bonds. The Hall–Kier alpha value is -1.26. The van der Waals surface area contributed by atoms with Gasteiger partial charge in [0, 0.05) is 12.1 Å². The molecule has 6 nitrogen and oxygen atoms in total. The Morgan fingerprint density at radius 1 is 0.861 bits per heavy atom. The van der Waals surface area contributed by atoms with Crippen LogP contribution in [0.2, 0.25) is 0 Å². The van der Waals surface area contributed by atoms with E-state index in [1.54, 1.807) is 18.2 Å². The molecular weight excluding hydrogens is 505 g/mol. The Balaban J connectivity index is 0.00000361. The van der Waals surface area contributed by atoms with Crippen LogP contribution in [-0.2, 0) is 39.4 Å². The molecule has 9 heteroatoms. The Morgan fingerprint density at radius 3 is 2.19 bits per heavy atom. The Labute approximate surface area is 237 Å². The summed E-state index contributed by atoms with van der Waals surface area (Å²) in [4.78, 5) is 0.230. The van der Waals surface area contributed by atoms with Gasteiger partial charge in [0.2, 0.25) is 10.0 Å². The summed E-state index contributed by atoms with van der Waals surface area (Å²) in [5.74, 6) is 0.285. The summed E-state index contributed by atoms with van der Waals surface area (Å²) in [6, 6.07) is 14.5. The molecule has 0 saturated heterocycles. The predicted octanol–water partition coefficient (Wildman–Crippen LogP) is 4.69. The summed E-state index contributed by atoms with van der Waals surface area (Å²) in [6.07, 6.45) is 6.04. The van der Waals surface area contributed by atoms with Crippen molar-refractivity contribution in [1.82, 2.24) is 4.72 Å². The van der Waals surface area contributed by atoms with Crippen LogP contribution in [0.5, 0.6) is 0 Å². The van der Waals surface area contributed by atoms with Crippen molar-refractivity contribution in [3.05, 3.63) is 70.8 Å². The second-order valence-electron chi connectivity index (χ2n) is 9.65. The third-order valence-corrected chi connectivity index (χ3v) is 9.18. The third-order valence-electron chi connectivity index (χ3n) is 6.83. The second-order valence-corrected chi connectivity index (χ2v) is 12.8. The van der Waals surface area contributed by atoms with Crippen molar-refractivity contribution in [2.75, 3.05) is 6.54 Å². The average Bonchev–Trinajstić information content (AvgIpc) is 3.01. The molecule has 0 fully saturated rings. The molecule has 0 bridgehead atoms. The quantitative estimate of drug-likeness (QED) is 0.233. The van der Waals surface area contributed by atoms with Gasteiger partial charge in [-0.3, -0.25) is 4.55 Å². The normalized spacial score (nSPS) is 14.0. The fourth-order valence-electron chi connectivity index (χ4n) is 4.82. The fraction of sp³-hybridized carbons (Fsp3) is 0.407. The summed E-state index contributed by atoms with van der Waals surface area (Å²) in [5, 5.41) is 0. The molecular formula is C27H34NNaO5S2. The first-order valence-electron chi connectivity index (χ1n) is 12.2. The van der Waals surface area contributed by atoms with E-state index in [2.05, 4.69) is 18.6 Å². The number of benzene rings is 1. The monoisotopic (exact) mass is 539 g/mol. The first-order chi connectivity index (χ1) is 16.6. The zero-order chi connectivity index (χ0) is 25.2. The van der Waals surface area contributed by atoms with Gasteiger partial charge in [-0.1, -0.05) is 44.2 Å². The number of aryl methyl sites for hydroxylation is 3. The Morgan fingerprint density at radius 2 is 1.53 bits per heavy atom. The molecule has 1 aromatic rings. The molecule has 2 N–H and O–H groups in total. The van der Waals surface area contributed by atoms with Crippen molar-refractivity contribution in [3.63, 3.8) is 0 Å². The molecule has 3 aliphatic carbocycles. The van der Waals surface area contributed by atoms with Gasteiger partial charge in [-0.2, -0.15) is 8.42 Å². The molecule has 0 atom stereocenters. The standard InChI is InChI=1S/C27H33NO5S2.Na.H/c1-19(2)20-11-14-25-23(18-27(35(31,32)33)26(25)15-12-20)9-5-6-16-28-34(29,30)24-13-10-21-7-3-4-8-22(21)17-24;;/h10-15,17-19,28H,3-9,16H2,1-2H3,(H,31,32,33);;. The maximum absolute atomic E-state index is 12.8. The third kappa shape index (κ3) is 6.78. The minimum absolute atomic E-state index is 0. The Bertz CT molecular complexity index is 1400. The molecule has 0 aliphatic heterocycles. The topological polar surface area (TPSA) is 101 Å². The first-order valence-corrected chi connectivity index (χ1v) is 15.1. The Kier molecular flexibility index (Phi) is 9.82. The van der Waals surface area contributed by atoms with Gasteiger partial charge in [0.25, 0.3) is 10.1 Å².